The molecule has 0 fully saturated rings. The van der Waals surface area contributed by atoms with Crippen LogP contribution in [0.5, 0.6) is 0 Å². The summed E-state index contributed by atoms with van der Waals surface area (Å²) < 4.78 is 0. The molecule has 0 heterocycles. The maximum Gasteiger partial charge on any atom is 0.219 e. The van der Waals surface area contributed by atoms with Crippen LogP contribution in [-0.4, -0.2) is 38.1 Å². The number of carbonyl (C=O) groups is 1. The molecule has 14 heavy (non-hydrogen) atoms. The lowest BCUT2D eigenvalue weighted by molar-refractivity contribution is -0.120. The van der Waals surface area contributed by atoms with E-state index in [1.807, 2.05) is 11.8 Å². The van der Waals surface area contributed by atoms with Crippen molar-refractivity contribution in [2.45, 2.75) is 25.7 Å². The summed E-state index contributed by atoms with van der Waals surface area (Å²) in [5.74, 6) is 1.38. The minimum atomic E-state index is 0.134. The molecule has 0 radical (unpaired) electrons. The second-order valence-corrected chi connectivity index (χ2v) is 4.21. The van der Waals surface area contributed by atoms with Gasteiger partial charge < -0.3 is 10.6 Å². The summed E-state index contributed by atoms with van der Waals surface area (Å²) in [6.07, 6.45) is 6.22. The zero-order valence-electron chi connectivity index (χ0n) is 9.27. The van der Waals surface area contributed by atoms with Crippen LogP contribution in [0.4, 0.5) is 0 Å². The molecule has 1 amide bonds. The fourth-order valence-corrected chi connectivity index (χ4v) is 1.61. The summed E-state index contributed by atoms with van der Waals surface area (Å²) in [5.41, 5.74) is 0. The van der Waals surface area contributed by atoms with Crippen LogP contribution in [0.25, 0.3) is 0 Å². The van der Waals surface area contributed by atoms with Crippen molar-refractivity contribution in [2.24, 2.45) is 0 Å². The van der Waals surface area contributed by atoms with Gasteiger partial charge in [-0.05, 0) is 44.4 Å². The number of thioether (sulfide) groups is 1. The van der Waals surface area contributed by atoms with Gasteiger partial charge >= 0.3 is 0 Å². The van der Waals surface area contributed by atoms with E-state index in [1.54, 1.807) is 7.05 Å². The highest BCUT2D eigenvalue weighted by molar-refractivity contribution is 7.98. The molecule has 0 atom stereocenters. The number of hydrogen-bond donors (Lipinski definition) is 2. The zero-order chi connectivity index (χ0) is 10.6. The molecule has 0 saturated heterocycles. The van der Waals surface area contributed by atoms with Crippen LogP contribution in [0.3, 0.4) is 0 Å². The van der Waals surface area contributed by atoms with Gasteiger partial charge in [0.1, 0.15) is 0 Å². The fourth-order valence-electron chi connectivity index (χ4n) is 1.12. The molecule has 0 rings (SSSR count). The van der Waals surface area contributed by atoms with Gasteiger partial charge in [0.05, 0.1) is 0 Å². The first-order valence-electron chi connectivity index (χ1n) is 5.21. The first-order chi connectivity index (χ1) is 6.81. The molecule has 0 aromatic rings. The molecule has 0 aliphatic heterocycles. The quantitative estimate of drug-likeness (QED) is 0.572. The van der Waals surface area contributed by atoms with Crippen LogP contribution in [0.1, 0.15) is 25.7 Å². The van der Waals surface area contributed by atoms with Crippen LogP contribution in [0.2, 0.25) is 0 Å². The zero-order valence-corrected chi connectivity index (χ0v) is 10.1. The molecular weight excluding hydrogens is 196 g/mol. The van der Waals surface area contributed by atoms with Crippen LogP contribution in [0.15, 0.2) is 0 Å². The Morgan fingerprint density at radius 1 is 1.21 bits per heavy atom. The number of rotatable bonds is 9. The third kappa shape index (κ3) is 9.86. The Labute approximate surface area is 91.4 Å². The Hall–Kier alpha value is -0.220. The molecule has 0 aliphatic rings. The molecule has 3 nitrogen and oxygen atoms in total. The van der Waals surface area contributed by atoms with E-state index < -0.39 is 0 Å². The lowest BCUT2D eigenvalue weighted by atomic mass is 10.3. The summed E-state index contributed by atoms with van der Waals surface area (Å²) in [6.45, 7) is 2.03. The molecule has 0 aliphatic carbocycles. The van der Waals surface area contributed by atoms with Crippen molar-refractivity contribution < 1.29 is 4.79 Å². The fraction of sp³-hybridized carbons (Fsp3) is 0.900. The molecule has 0 aromatic carbocycles. The molecule has 4 heteroatoms. The first kappa shape index (κ1) is 13.8. The van der Waals surface area contributed by atoms with Crippen molar-refractivity contribution in [3.63, 3.8) is 0 Å². The molecule has 0 bridgehead atoms. The van der Waals surface area contributed by atoms with E-state index in [4.69, 9.17) is 0 Å². The maximum atomic E-state index is 10.8. The topological polar surface area (TPSA) is 41.1 Å². The summed E-state index contributed by atoms with van der Waals surface area (Å²) >= 11 is 1.90. The summed E-state index contributed by atoms with van der Waals surface area (Å²) in [7, 11) is 1.68. The number of hydrogen-bond acceptors (Lipinski definition) is 3. The van der Waals surface area contributed by atoms with Crippen molar-refractivity contribution in [1.82, 2.24) is 10.6 Å². The Kier molecular flexibility index (Phi) is 10.7. The van der Waals surface area contributed by atoms with Crippen molar-refractivity contribution in [3.05, 3.63) is 0 Å². The second kappa shape index (κ2) is 10.9. The van der Waals surface area contributed by atoms with E-state index >= 15 is 0 Å². The lowest BCUT2D eigenvalue weighted by Crippen LogP contribution is -2.21. The number of nitrogens with one attached hydrogen (secondary N) is 2. The highest BCUT2D eigenvalue weighted by atomic mass is 32.2. The summed E-state index contributed by atoms with van der Waals surface area (Å²) in [6, 6.07) is 0. The molecule has 0 aromatic heterocycles. The molecule has 0 unspecified atom stereocenters. The average molecular weight is 218 g/mol. The van der Waals surface area contributed by atoms with E-state index in [2.05, 4.69) is 16.9 Å². The van der Waals surface area contributed by atoms with Gasteiger partial charge in [-0.3, -0.25) is 4.79 Å². The highest BCUT2D eigenvalue weighted by Crippen LogP contribution is 1.97. The van der Waals surface area contributed by atoms with Crippen molar-refractivity contribution in [1.29, 1.82) is 0 Å². The lowest BCUT2D eigenvalue weighted by Gasteiger charge is -2.03. The van der Waals surface area contributed by atoms with Crippen molar-refractivity contribution in [2.75, 3.05) is 32.1 Å². The van der Waals surface area contributed by atoms with E-state index in [0.29, 0.717) is 6.42 Å². The number of amides is 1. The maximum absolute atomic E-state index is 10.8. The molecule has 84 valence electrons. The smallest absolute Gasteiger partial charge is 0.219 e. The Bertz CT molecular complexity index is 142. The van der Waals surface area contributed by atoms with Gasteiger partial charge in [-0.1, -0.05) is 0 Å². The van der Waals surface area contributed by atoms with Gasteiger partial charge in [-0.2, -0.15) is 11.8 Å². The van der Waals surface area contributed by atoms with Crippen LogP contribution in [0, 0.1) is 0 Å². The van der Waals surface area contributed by atoms with Gasteiger partial charge in [0.25, 0.3) is 0 Å². The third-order valence-corrected chi connectivity index (χ3v) is 2.69. The normalized spacial score (nSPS) is 10.1. The SMILES string of the molecule is CNC(=O)CCCNCCCCSC. The Balaban J connectivity index is 2.95. The number of unbranched alkanes of at least 4 members (excludes halogenated alkanes) is 1. The highest BCUT2D eigenvalue weighted by Gasteiger charge is 1.96. The minimum absolute atomic E-state index is 0.134. The summed E-state index contributed by atoms with van der Waals surface area (Å²) in [4.78, 5) is 10.8. The predicted octanol–water partition coefficient (Wildman–Crippen LogP) is 1.25. The van der Waals surface area contributed by atoms with Crippen LogP contribution in [-0.2, 0) is 4.79 Å². The van der Waals surface area contributed by atoms with Gasteiger partial charge in [-0.25, -0.2) is 0 Å². The standard InChI is InChI=1S/C10H22N2OS/c1-11-10(13)6-5-8-12-7-3-4-9-14-2/h12H,3-9H2,1-2H3,(H,11,13). The molecular formula is C10H22N2OS. The number of carbonyl (C=O) groups excluding carboxylic acids is 1. The second-order valence-electron chi connectivity index (χ2n) is 3.23. The van der Waals surface area contributed by atoms with Crippen LogP contribution >= 0.6 is 11.8 Å². The molecule has 0 spiro atoms. The van der Waals surface area contributed by atoms with Crippen LogP contribution < -0.4 is 10.6 Å². The minimum Gasteiger partial charge on any atom is -0.359 e. The van der Waals surface area contributed by atoms with E-state index in [1.165, 1.54) is 18.6 Å². The van der Waals surface area contributed by atoms with Gasteiger partial charge in [-0.15, -0.1) is 0 Å². The molecule has 2 N–H and O–H groups in total. The monoisotopic (exact) mass is 218 g/mol. The van der Waals surface area contributed by atoms with Gasteiger partial charge in [0.2, 0.25) is 5.91 Å². The average Bonchev–Trinajstić information content (AvgIpc) is 2.21. The summed E-state index contributed by atoms with van der Waals surface area (Å²) in [5, 5.41) is 5.95. The van der Waals surface area contributed by atoms with Crippen molar-refractivity contribution >= 4 is 17.7 Å². The van der Waals surface area contributed by atoms with E-state index in [9.17, 15) is 4.79 Å². The predicted molar refractivity (Wildman–Crippen MR) is 63.8 cm³/mol. The van der Waals surface area contributed by atoms with Crippen molar-refractivity contribution in [3.8, 4) is 0 Å². The first-order valence-corrected chi connectivity index (χ1v) is 6.61. The Morgan fingerprint density at radius 3 is 2.57 bits per heavy atom. The van der Waals surface area contributed by atoms with Gasteiger partial charge in [0.15, 0.2) is 0 Å². The van der Waals surface area contributed by atoms with Gasteiger partial charge in [0, 0.05) is 13.5 Å². The molecule has 0 saturated carbocycles. The van der Waals surface area contributed by atoms with E-state index in [0.717, 1.165) is 19.5 Å². The third-order valence-electron chi connectivity index (χ3n) is 1.99. The van der Waals surface area contributed by atoms with E-state index in [-0.39, 0.29) is 5.91 Å². The largest absolute Gasteiger partial charge is 0.359 e. The Morgan fingerprint density at radius 2 is 1.93 bits per heavy atom.